The number of halogens is 1. The highest BCUT2D eigenvalue weighted by Crippen LogP contribution is 2.30. The van der Waals surface area contributed by atoms with Gasteiger partial charge >= 0.3 is 0 Å². The van der Waals surface area contributed by atoms with Crippen LogP contribution in [0, 0.1) is 0 Å². The number of nitrogens with zero attached hydrogens (tertiary/aromatic N) is 1. The maximum atomic E-state index is 11.1. The Balaban J connectivity index is 2.23. The van der Waals surface area contributed by atoms with E-state index in [9.17, 15) is 9.90 Å². The molecule has 1 N–H and O–H groups in total. The van der Waals surface area contributed by atoms with Crippen molar-refractivity contribution >= 4 is 27.4 Å². The van der Waals surface area contributed by atoms with Gasteiger partial charge in [-0.25, -0.2) is 0 Å². The molecule has 1 aromatic carbocycles. The first-order valence-electron chi connectivity index (χ1n) is 4.81. The summed E-state index contributed by atoms with van der Waals surface area (Å²) in [6, 6.07) is 5.54. The van der Waals surface area contributed by atoms with Crippen molar-refractivity contribution in [3.05, 3.63) is 28.2 Å². The molecule has 0 unspecified atom stereocenters. The third kappa shape index (κ3) is 2.06. The third-order valence-electron chi connectivity index (χ3n) is 2.56. The number of benzene rings is 1. The Labute approximate surface area is 96.8 Å². The number of hydrogen-bond acceptors (Lipinski definition) is 3. The number of Topliss-reactive ketones (excluding diaryl/α,β-unsaturated/α-hetero) is 1. The molecule has 0 aromatic heterocycles. The molecular formula is C11H12BrNO2. The predicted octanol–water partition coefficient (Wildman–Crippen LogP) is 1.83. The predicted molar refractivity (Wildman–Crippen MR) is 62.4 cm³/mol. The summed E-state index contributed by atoms with van der Waals surface area (Å²) in [5.41, 5.74) is 1.73. The molecule has 0 saturated carbocycles. The summed E-state index contributed by atoms with van der Waals surface area (Å²) in [7, 11) is 0. The van der Waals surface area contributed by atoms with E-state index in [0.717, 1.165) is 10.2 Å². The van der Waals surface area contributed by atoms with Crippen molar-refractivity contribution in [2.75, 3.05) is 18.0 Å². The molecule has 0 aliphatic carbocycles. The van der Waals surface area contributed by atoms with Gasteiger partial charge in [-0.1, -0.05) is 0 Å². The average Bonchev–Trinajstić information content (AvgIpc) is 2.13. The van der Waals surface area contributed by atoms with E-state index < -0.39 is 0 Å². The van der Waals surface area contributed by atoms with Gasteiger partial charge in [0, 0.05) is 23.1 Å². The lowest BCUT2D eigenvalue weighted by Gasteiger charge is -2.38. The van der Waals surface area contributed by atoms with Crippen LogP contribution in [0.2, 0.25) is 0 Å². The molecule has 1 aromatic rings. The molecule has 1 aliphatic heterocycles. The molecule has 0 spiro atoms. The van der Waals surface area contributed by atoms with Crippen molar-refractivity contribution < 1.29 is 9.90 Å². The average molecular weight is 270 g/mol. The number of rotatable bonds is 2. The van der Waals surface area contributed by atoms with Gasteiger partial charge in [0.05, 0.1) is 11.8 Å². The fourth-order valence-electron chi connectivity index (χ4n) is 1.63. The number of carbonyl (C=O) groups is 1. The second-order valence-electron chi connectivity index (χ2n) is 3.78. The number of β-amino-alcohol motifs (C(OH)–C–C–N with tert-alkyl or cyclic N) is 1. The SMILES string of the molecule is CC(=O)c1ccc(N2CC(O)C2)c(Br)c1. The molecule has 1 fully saturated rings. The van der Waals surface area contributed by atoms with Crippen LogP contribution in [-0.2, 0) is 0 Å². The summed E-state index contributed by atoms with van der Waals surface area (Å²) < 4.78 is 0.905. The molecule has 4 heteroatoms. The Hall–Kier alpha value is -0.870. The van der Waals surface area contributed by atoms with Crippen molar-refractivity contribution in [3.63, 3.8) is 0 Å². The van der Waals surface area contributed by atoms with E-state index in [1.165, 1.54) is 0 Å². The topological polar surface area (TPSA) is 40.5 Å². The van der Waals surface area contributed by atoms with Gasteiger partial charge in [0.15, 0.2) is 5.78 Å². The first kappa shape index (κ1) is 10.6. The molecule has 2 rings (SSSR count). The van der Waals surface area contributed by atoms with Gasteiger partial charge in [0.2, 0.25) is 0 Å². The van der Waals surface area contributed by atoms with Crippen LogP contribution in [0.4, 0.5) is 5.69 Å². The molecular weight excluding hydrogens is 258 g/mol. The van der Waals surface area contributed by atoms with Crippen molar-refractivity contribution in [2.45, 2.75) is 13.0 Å². The Kier molecular flexibility index (Phi) is 2.80. The second-order valence-corrected chi connectivity index (χ2v) is 4.64. The minimum atomic E-state index is -0.218. The number of anilines is 1. The van der Waals surface area contributed by atoms with Crippen LogP contribution in [0.15, 0.2) is 22.7 Å². The Bertz CT molecular complexity index is 400. The molecule has 0 amide bonds. The van der Waals surface area contributed by atoms with E-state index in [-0.39, 0.29) is 11.9 Å². The molecule has 80 valence electrons. The standard InChI is InChI=1S/C11H12BrNO2/c1-7(14)8-2-3-11(10(12)4-8)13-5-9(15)6-13/h2-4,9,15H,5-6H2,1H3. The van der Waals surface area contributed by atoms with Gasteiger partial charge < -0.3 is 10.0 Å². The second kappa shape index (κ2) is 3.94. The lowest BCUT2D eigenvalue weighted by molar-refractivity contribution is 0.101. The van der Waals surface area contributed by atoms with E-state index in [2.05, 4.69) is 20.8 Å². The smallest absolute Gasteiger partial charge is 0.159 e. The van der Waals surface area contributed by atoms with Crippen molar-refractivity contribution in [3.8, 4) is 0 Å². The number of ketones is 1. The highest BCUT2D eigenvalue weighted by atomic mass is 79.9. The summed E-state index contributed by atoms with van der Waals surface area (Å²) in [5.74, 6) is 0.0610. The van der Waals surface area contributed by atoms with E-state index >= 15 is 0 Å². The van der Waals surface area contributed by atoms with Gasteiger partial charge in [-0.3, -0.25) is 4.79 Å². The van der Waals surface area contributed by atoms with Gasteiger partial charge in [-0.2, -0.15) is 0 Å². The van der Waals surface area contributed by atoms with Crippen LogP contribution >= 0.6 is 15.9 Å². The number of aliphatic hydroxyl groups is 1. The monoisotopic (exact) mass is 269 g/mol. The van der Waals surface area contributed by atoms with Gasteiger partial charge in [0.25, 0.3) is 0 Å². The maximum absolute atomic E-state index is 11.1. The molecule has 0 bridgehead atoms. The third-order valence-corrected chi connectivity index (χ3v) is 3.19. The fraction of sp³-hybridized carbons (Fsp3) is 0.364. The van der Waals surface area contributed by atoms with Gasteiger partial charge in [-0.05, 0) is 41.1 Å². The number of carbonyl (C=O) groups excluding carboxylic acids is 1. The summed E-state index contributed by atoms with van der Waals surface area (Å²) in [5, 5.41) is 9.20. The molecule has 15 heavy (non-hydrogen) atoms. The molecule has 1 heterocycles. The van der Waals surface area contributed by atoms with Crippen LogP contribution in [-0.4, -0.2) is 30.1 Å². The summed E-state index contributed by atoms with van der Waals surface area (Å²) in [6.07, 6.45) is -0.218. The van der Waals surface area contributed by atoms with E-state index in [1.54, 1.807) is 6.92 Å². The Morgan fingerprint density at radius 1 is 1.53 bits per heavy atom. The Morgan fingerprint density at radius 3 is 2.67 bits per heavy atom. The van der Waals surface area contributed by atoms with E-state index in [4.69, 9.17) is 0 Å². The quantitative estimate of drug-likeness (QED) is 0.833. The molecule has 1 saturated heterocycles. The lowest BCUT2D eigenvalue weighted by atomic mass is 10.1. The zero-order valence-electron chi connectivity index (χ0n) is 8.40. The van der Waals surface area contributed by atoms with Crippen LogP contribution in [0.3, 0.4) is 0 Å². The largest absolute Gasteiger partial charge is 0.389 e. The van der Waals surface area contributed by atoms with Gasteiger partial charge in [-0.15, -0.1) is 0 Å². The molecule has 3 nitrogen and oxygen atoms in total. The highest BCUT2D eigenvalue weighted by molar-refractivity contribution is 9.10. The summed E-state index contributed by atoms with van der Waals surface area (Å²) >= 11 is 3.44. The van der Waals surface area contributed by atoms with Crippen molar-refractivity contribution in [1.29, 1.82) is 0 Å². The van der Waals surface area contributed by atoms with Crippen molar-refractivity contribution in [2.24, 2.45) is 0 Å². The van der Waals surface area contributed by atoms with Gasteiger partial charge in [0.1, 0.15) is 0 Å². The first-order chi connectivity index (χ1) is 7.08. The molecule has 0 radical (unpaired) electrons. The summed E-state index contributed by atoms with van der Waals surface area (Å²) in [6.45, 7) is 2.88. The van der Waals surface area contributed by atoms with Crippen molar-refractivity contribution in [1.82, 2.24) is 0 Å². The minimum absolute atomic E-state index is 0.0610. The minimum Gasteiger partial charge on any atom is -0.389 e. The zero-order valence-corrected chi connectivity index (χ0v) is 9.99. The Morgan fingerprint density at radius 2 is 2.20 bits per heavy atom. The first-order valence-corrected chi connectivity index (χ1v) is 5.60. The number of hydrogen-bond donors (Lipinski definition) is 1. The van der Waals surface area contributed by atoms with Crippen LogP contribution in [0.25, 0.3) is 0 Å². The van der Waals surface area contributed by atoms with E-state index in [1.807, 2.05) is 18.2 Å². The zero-order chi connectivity index (χ0) is 11.0. The lowest BCUT2D eigenvalue weighted by Crippen LogP contribution is -2.50. The maximum Gasteiger partial charge on any atom is 0.159 e. The van der Waals surface area contributed by atoms with Crippen LogP contribution in [0.5, 0.6) is 0 Å². The normalized spacial score (nSPS) is 16.3. The number of aliphatic hydroxyl groups excluding tert-OH is 1. The van der Waals surface area contributed by atoms with Crippen LogP contribution < -0.4 is 4.90 Å². The highest BCUT2D eigenvalue weighted by Gasteiger charge is 2.25. The van der Waals surface area contributed by atoms with Crippen LogP contribution in [0.1, 0.15) is 17.3 Å². The molecule has 1 aliphatic rings. The summed E-state index contributed by atoms with van der Waals surface area (Å²) in [4.78, 5) is 13.2. The fourth-order valence-corrected chi connectivity index (χ4v) is 2.26. The van der Waals surface area contributed by atoms with E-state index in [0.29, 0.717) is 18.7 Å². The molecule has 0 atom stereocenters.